The molecule has 24 heavy (non-hydrogen) atoms. The summed E-state index contributed by atoms with van der Waals surface area (Å²) in [6, 6.07) is 20.3. The third-order valence-corrected chi connectivity index (χ3v) is 4.53. The van der Waals surface area contributed by atoms with Crippen LogP contribution >= 0.6 is 0 Å². The van der Waals surface area contributed by atoms with Gasteiger partial charge in [-0.05, 0) is 36.3 Å². The minimum Gasteiger partial charge on any atom is -0.273 e. The van der Waals surface area contributed by atoms with Crippen LogP contribution in [0.1, 0.15) is 49.7 Å². The highest BCUT2D eigenvalue weighted by Gasteiger charge is 2.43. The van der Waals surface area contributed by atoms with Crippen molar-refractivity contribution in [3.8, 4) is 0 Å². The molecule has 3 rings (SSSR count). The summed E-state index contributed by atoms with van der Waals surface area (Å²) in [6.45, 7) is 2.16. The van der Waals surface area contributed by atoms with E-state index in [4.69, 9.17) is 0 Å². The third-order valence-electron chi connectivity index (χ3n) is 4.53. The van der Waals surface area contributed by atoms with E-state index in [1.165, 1.54) is 5.56 Å². The topological polar surface area (TPSA) is 41.5 Å². The van der Waals surface area contributed by atoms with Crippen LogP contribution < -0.4 is 5.43 Å². The molecule has 1 amide bonds. The second-order valence-corrected chi connectivity index (χ2v) is 6.36. The maximum absolute atomic E-state index is 12.4. The molecule has 1 aliphatic rings. The van der Waals surface area contributed by atoms with Crippen molar-refractivity contribution in [2.24, 2.45) is 11.0 Å². The molecule has 2 aromatic rings. The predicted molar refractivity (Wildman–Crippen MR) is 97.9 cm³/mol. The smallest absolute Gasteiger partial charge is 0.243 e. The van der Waals surface area contributed by atoms with E-state index >= 15 is 0 Å². The Balaban J connectivity index is 1.63. The molecule has 0 radical (unpaired) electrons. The Morgan fingerprint density at radius 3 is 2.42 bits per heavy atom. The van der Waals surface area contributed by atoms with E-state index in [1.54, 1.807) is 0 Å². The fourth-order valence-electron chi connectivity index (χ4n) is 3.00. The van der Waals surface area contributed by atoms with Gasteiger partial charge in [0.05, 0.1) is 5.71 Å². The molecule has 1 N–H and O–H groups in total. The molecule has 0 spiro atoms. The number of nitrogens with zero attached hydrogens (tertiary/aromatic N) is 1. The highest BCUT2D eigenvalue weighted by Crippen LogP contribution is 2.47. The largest absolute Gasteiger partial charge is 0.273 e. The van der Waals surface area contributed by atoms with E-state index in [0.717, 1.165) is 37.0 Å². The molecule has 2 unspecified atom stereocenters. The van der Waals surface area contributed by atoms with Crippen LogP contribution in [0.15, 0.2) is 65.8 Å². The van der Waals surface area contributed by atoms with E-state index in [1.807, 2.05) is 48.5 Å². The lowest BCUT2D eigenvalue weighted by Crippen LogP contribution is -2.22. The number of rotatable bonds is 7. The molecule has 0 aliphatic heterocycles. The molecule has 0 saturated heterocycles. The number of carbonyl (C=O) groups excluding carboxylic acids is 1. The molecule has 2 atom stereocenters. The van der Waals surface area contributed by atoms with E-state index in [-0.39, 0.29) is 11.8 Å². The molecule has 124 valence electrons. The highest BCUT2D eigenvalue weighted by atomic mass is 16.2. The van der Waals surface area contributed by atoms with E-state index in [2.05, 4.69) is 29.6 Å². The molecule has 0 aromatic heterocycles. The summed E-state index contributed by atoms with van der Waals surface area (Å²) in [5, 5.41) is 4.44. The first-order valence-electron chi connectivity index (χ1n) is 8.76. The van der Waals surface area contributed by atoms with Gasteiger partial charge in [-0.3, -0.25) is 4.79 Å². The van der Waals surface area contributed by atoms with Crippen LogP contribution in [0.5, 0.6) is 0 Å². The predicted octanol–water partition coefficient (Wildman–Crippen LogP) is 4.50. The summed E-state index contributed by atoms with van der Waals surface area (Å²) in [5.41, 5.74) is 6.09. The van der Waals surface area contributed by atoms with Crippen molar-refractivity contribution in [1.29, 1.82) is 0 Å². The maximum Gasteiger partial charge on any atom is 0.243 e. The first-order chi connectivity index (χ1) is 11.8. The van der Waals surface area contributed by atoms with Gasteiger partial charge in [-0.15, -0.1) is 0 Å². The Morgan fingerprint density at radius 1 is 1.08 bits per heavy atom. The van der Waals surface area contributed by atoms with Crippen LogP contribution in [0.4, 0.5) is 0 Å². The van der Waals surface area contributed by atoms with Crippen molar-refractivity contribution in [2.45, 2.75) is 38.5 Å². The second kappa shape index (κ2) is 7.91. The zero-order valence-corrected chi connectivity index (χ0v) is 14.1. The summed E-state index contributed by atoms with van der Waals surface area (Å²) < 4.78 is 0. The summed E-state index contributed by atoms with van der Waals surface area (Å²) in [6.07, 6.45) is 3.98. The Morgan fingerprint density at radius 2 is 1.75 bits per heavy atom. The Hall–Kier alpha value is -2.42. The average Bonchev–Trinajstić information content (AvgIpc) is 3.44. The lowest BCUT2D eigenvalue weighted by molar-refractivity contribution is -0.122. The molecule has 0 heterocycles. The van der Waals surface area contributed by atoms with Crippen molar-refractivity contribution in [1.82, 2.24) is 5.43 Å². The van der Waals surface area contributed by atoms with Crippen molar-refractivity contribution in [3.63, 3.8) is 0 Å². The first kappa shape index (κ1) is 16.4. The van der Waals surface area contributed by atoms with Crippen molar-refractivity contribution < 1.29 is 4.79 Å². The fraction of sp³-hybridized carbons (Fsp3) is 0.333. The van der Waals surface area contributed by atoms with Gasteiger partial charge < -0.3 is 0 Å². The van der Waals surface area contributed by atoms with Gasteiger partial charge in [0.25, 0.3) is 0 Å². The second-order valence-electron chi connectivity index (χ2n) is 6.36. The molecule has 3 heteroatoms. The van der Waals surface area contributed by atoms with Gasteiger partial charge in [-0.1, -0.05) is 74.0 Å². The summed E-state index contributed by atoms with van der Waals surface area (Å²) >= 11 is 0. The number of hydrazone groups is 1. The maximum atomic E-state index is 12.4. The van der Waals surface area contributed by atoms with Crippen molar-refractivity contribution in [3.05, 3.63) is 71.8 Å². The minimum absolute atomic E-state index is 0.0359. The van der Waals surface area contributed by atoms with Gasteiger partial charge in [0.15, 0.2) is 0 Å². The lowest BCUT2D eigenvalue weighted by atomic mass is 10.1. The molecule has 2 aromatic carbocycles. The van der Waals surface area contributed by atoms with Gasteiger partial charge in [0, 0.05) is 5.92 Å². The van der Waals surface area contributed by atoms with Gasteiger partial charge >= 0.3 is 0 Å². The normalized spacial score (nSPS) is 19.8. The van der Waals surface area contributed by atoms with Crippen LogP contribution in [-0.2, 0) is 4.79 Å². The molecular weight excluding hydrogens is 296 g/mol. The number of unbranched alkanes of at least 4 members (excludes halogenated alkanes) is 1. The number of carbonyl (C=O) groups is 1. The Bertz CT molecular complexity index is 694. The van der Waals surface area contributed by atoms with Gasteiger partial charge in [0.2, 0.25) is 5.91 Å². The number of hydrogen-bond acceptors (Lipinski definition) is 2. The summed E-state index contributed by atoms with van der Waals surface area (Å²) in [4.78, 5) is 12.4. The van der Waals surface area contributed by atoms with Gasteiger partial charge in [0.1, 0.15) is 0 Å². The Kier molecular flexibility index (Phi) is 5.42. The standard InChI is InChI=1S/C21H24N2O/c1-2-3-14-20(17-12-8-5-9-13-17)22-23-21(24)19-15-18(19)16-10-6-4-7-11-16/h4-13,18-19H,2-3,14-15H2,1H3,(H,23,24). The molecule has 1 saturated carbocycles. The first-order valence-corrected chi connectivity index (χ1v) is 8.76. The minimum atomic E-state index is 0.0359. The van der Waals surface area contributed by atoms with Crippen LogP contribution in [0.3, 0.4) is 0 Å². The quantitative estimate of drug-likeness (QED) is 0.592. The summed E-state index contributed by atoms with van der Waals surface area (Å²) in [7, 11) is 0. The van der Waals surface area contributed by atoms with E-state index in [9.17, 15) is 4.79 Å². The lowest BCUT2D eigenvalue weighted by Gasteiger charge is -2.07. The van der Waals surface area contributed by atoms with Crippen molar-refractivity contribution >= 4 is 11.6 Å². The molecule has 1 fully saturated rings. The average molecular weight is 320 g/mol. The zero-order chi connectivity index (χ0) is 16.8. The zero-order valence-electron chi connectivity index (χ0n) is 14.1. The van der Waals surface area contributed by atoms with E-state index in [0.29, 0.717) is 5.92 Å². The van der Waals surface area contributed by atoms with Crippen LogP contribution in [-0.4, -0.2) is 11.6 Å². The van der Waals surface area contributed by atoms with E-state index < -0.39 is 0 Å². The van der Waals surface area contributed by atoms with Crippen LogP contribution in [0.25, 0.3) is 0 Å². The van der Waals surface area contributed by atoms with Gasteiger partial charge in [-0.2, -0.15) is 5.10 Å². The highest BCUT2D eigenvalue weighted by molar-refractivity contribution is 6.01. The van der Waals surface area contributed by atoms with Crippen molar-refractivity contribution in [2.75, 3.05) is 0 Å². The number of hydrogen-bond donors (Lipinski definition) is 1. The SMILES string of the molecule is CCCCC(=NNC(=O)C1CC1c1ccccc1)c1ccccc1. The Labute approximate surface area is 143 Å². The number of nitrogens with one attached hydrogen (secondary N) is 1. The van der Waals surface area contributed by atoms with Gasteiger partial charge in [-0.25, -0.2) is 5.43 Å². The molecule has 1 aliphatic carbocycles. The molecular formula is C21H24N2O. The third kappa shape index (κ3) is 4.10. The number of benzene rings is 2. The van der Waals surface area contributed by atoms with Crippen LogP contribution in [0, 0.1) is 5.92 Å². The number of amides is 1. The van der Waals surface area contributed by atoms with Crippen LogP contribution in [0.2, 0.25) is 0 Å². The fourth-order valence-corrected chi connectivity index (χ4v) is 3.00. The summed E-state index contributed by atoms with van der Waals surface area (Å²) in [5.74, 6) is 0.436. The monoisotopic (exact) mass is 320 g/mol. The molecule has 0 bridgehead atoms. The molecule has 3 nitrogen and oxygen atoms in total.